The Kier molecular flexibility index (Phi) is 5.86. The molecule has 1 saturated heterocycles. The van der Waals surface area contributed by atoms with E-state index in [1.807, 2.05) is 0 Å². The van der Waals surface area contributed by atoms with Crippen molar-refractivity contribution in [2.24, 2.45) is 29.1 Å². The van der Waals surface area contributed by atoms with Crippen molar-refractivity contribution < 1.29 is 14.4 Å². The molecule has 8 heteroatoms. The minimum Gasteiger partial charge on any atom is -0.347 e. The Hall–Kier alpha value is -2.15. The Balaban J connectivity index is 1.13. The molecule has 4 saturated carbocycles. The standard InChI is InChI=1S/C24H31ClN4O3/c25-19-3-4-20(26-12-19)28-22(31)18-2-1-5-29(14-18)21(30)13-27-23(32)24-9-15-6-16(10-24)8-17(7-15)11-24/h3-4,12,15-18H,1-2,5-11,13-14H2,(H,27,32)(H,26,28,31). The van der Waals surface area contributed by atoms with E-state index < -0.39 is 0 Å². The second-order valence-electron chi connectivity index (χ2n) is 10.4. The fourth-order valence-electron chi connectivity index (χ4n) is 6.94. The van der Waals surface area contributed by atoms with E-state index in [4.69, 9.17) is 11.6 Å². The van der Waals surface area contributed by atoms with Gasteiger partial charge in [0.05, 0.1) is 17.5 Å². The molecule has 32 heavy (non-hydrogen) atoms. The molecule has 3 amide bonds. The lowest BCUT2D eigenvalue weighted by molar-refractivity contribution is -0.148. The minimum absolute atomic E-state index is 0.0215. The van der Waals surface area contributed by atoms with Gasteiger partial charge >= 0.3 is 0 Å². The molecule has 172 valence electrons. The summed E-state index contributed by atoms with van der Waals surface area (Å²) in [4.78, 5) is 44.4. The van der Waals surface area contributed by atoms with E-state index in [0.29, 0.717) is 41.7 Å². The van der Waals surface area contributed by atoms with Crippen LogP contribution in [0.15, 0.2) is 18.3 Å². The highest BCUT2D eigenvalue weighted by Crippen LogP contribution is 2.60. The smallest absolute Gasteiger partial charge is 0.241 e. The van der Waals surface area contributed by atoms with Crippen LogP contribution in [0.25, 0.3) is 0 Å². The first-order chi connectivity index (χ1) is 15.4. The van der Waals surface area contributed by atoms with Crippen molar-refractivity contribution in [1.29, 1.82) is 0 Å². The van der Waals surface area contributed by atoms with Crippen molar-refractivity contribution in [2.75, 3.05) is 25.0 Å². The lowest BCUT2D eigenvalue weighted by atomic mass is 9.49. The van der Waals surface area contributed by atoms with Crippen LogP contribution in [-0.4, -0.2) is 47.2 Å². The summed E-state index contributed by atoms with van der Waals surface area (Å²) in [6.07, 6.45) is 9.80. The highest BCUT2D eigenvalue weighted by molar-refractivity contribution is 6.30. The van der Waals surface area contributed by atoms with Crippen LogP contribution in [0.5, 0.6) is 0 Å². The molecule has 0 radical (unpaired) electrons. The summed E-state index contributed by atoms with van der Waals surface area (Å²) >= 11 is 5.84. The molecule has 5 fully saturated rings. The number of rotatable bonds is 5. The largest absolute Gasteiger partial charge is 0.347 e. The minimum atomic E-state index is -0.288. The molecule has 1 unspecified atom stereocenters. The Morgan fingerprint density at radius 1 is 1.09 bits per heavy atom. The molecule has 1 aromatic heterocycles. The van der Waals surface area contributed by atoms with Gasteiger partial charge in [0.25, 0.3) is 0 Å². The van der Waals surface area contributed by atoms with Crippen molar-refractivity contribution >= 4 is 35.1 Å². The van der Waals surface area contributed by atoms with Gasteiger partial charge in [0.15, 0.2) is 0 Å². The van der Waals surface area contributed by atoms with Gasteiger partial charge in [0.2, 0.25) is 17.7 Å². The molecule has 4 aliphatic carbocycles. The summed E-state index contributed by atoms with van der Waals surface area (Å²) < 4.78 is 0. The molecule has 2 N–H and O–H groups in total. The number of pyridine rings is 1. The van der Waals surface area contributed by atoms with Gasteiger partial charge < -0.3 is 15.5 Å². The molecule has 1 aliphatic heterocycles. The molecule has 1 atom stereocenters. The average Bonchev–Trinajstić information content (AvgIpc) is 2.78. The number of nitrogens with one attached hydrogen (secondary N) is 2. The number of halogens is 1. The molecule has 2 heterocycles. The normalized spacial score (nSPS) is 33.1. The van der Waals surface area contributed by atoms with Gasteiger partial charge in [-0.05, 0) is 81.3 Å². The monoisotopic (exact) mass is 458 g/mol. The fraction of sp³-hybridized carbons (Fsp3) is 0.667. The third-order valence-electron chi connectivity index (χ3n) is 8.04. The van der Waals surface area contributed by atoms with Gasteiger partial charge in [-0.3, -0.25) is 14.4 Å². The Labute approximate surface area is 193 Å². The summed E-state index contributed by atoms with van der Waals surface area (Å²) in [5, 5.41) is 6.29. The van der Waals surface area contributed by atoms with Gasteiger partial charge in [-0.1, -0.05) is 11.6 Å². The van der Waals surface area contributed by atoms with Crippen LogP contribution in [0.4, 0.5) is 5.82 Å². The zero-order chi connectivity index (χ0) is 22.3. The molecule has 7 nitrogen and oxygen atoms in total. The van der Waals surface area contributed by atoms with Crippen molar-refractivity contribution in [2.45, 2.75) is 51.4 Å². The summed E-state index contributed by atoms with van der Waals surface area (Å²) in [7, 11) is 0. The molecule has 0 aromatic carbocycles. The topological polar surface area (TPSA) is 91.4 Å². The number of carbonyl (C=O) groups excluding carboxylic acids is 3. The predicted octanol–water partition coefficient (Wildman–Crippen LogP) is 3.24. The number of hydrogen-bond acceptors (Lipinski definition) is 4. The predicted molar refractivity (Wildman–Crippen MR) is 121 cm³/mol. The van der Waals surface area contributed by atoms with Gasteiger partial charge in [-0.25, -0.2) is 4.98 Å². The number of amides is 3. The van der Waals surface area contributed by atoms with Crippen molar-refractivity contribution in [1.82, 2.24) is 15.2 Å². The first-order valence-corrected chi connectivity index (χ1v) is 12.3. The molecular formula is C24H31ClN4O3. The van der Waals surface area contributed by atoms with Crippen LogP contribution in [0.2, 0.25) is 5.02 Å². The van der Waals surface area contributed by atoms with Gasteiger partial charge in [-0.2, -0.15) is 0 Å². The lowest BCUT2D eigenvalue weighted by Crippen LogP contribution is -2.55. The quantitative estimate of drug-likeness (QED) is 0.708. The highest BCUT2D eigenvalue weighted by atomic mass is 35.5. The van der Waals surface area contributed by atoms with Crippen LogP contribution in [0.1, 0.15) is 51.4 Å². The number of likely N-dealkylation sites (tertiary alicyclic amines) is 1. The Morgan fingerprint density at radius 3 is 2.41 bits per heavy atom. The maximum absolute atomic E-state index is 13.1. The van der Waals surface area contributed by atoms with E-state index in [9.17, 15) is 14.4 Å². The van der Waals surface area contributed by atoms with E-state index in [-0.39, 0.29) is 35.6 Å². The number of hydrogen-bond donors (Lipinski definition) is 2. The number of nitrogens with zero attached hydrogens (tertiary/aromatic N) is 2. The van der Waals surface area contributed by atoms with E-state index in [1.54, 1.807) is 17.0 Å². The van der Waals surface area contributed by atoms with Crippen LogP contribution in [0, 0.1) is 29.1 Å². The Bertz CT molecular complexity index is 868. The van der Waals surface area contributed by atoms with Crippen LogP contribution in [0.3, 0.4) is 0 Å². The van der Waals surface area contributed by atoms with E-state index in [2.05, 4.69) is 15.6 Å². The van der Waals surface area contributed by atoms with Crippen molar-refractivity contribution in [3.05, 3.63) is 23.4 Å². The first-order valence-electron chi connectivity index (χ1n) is 11.9. The average molecular weight is 459 g/mol. The first kappa shape index (κ1) is 21.7. The number of piperidine rings is 1. The molecule has 6 rings (SSSR count). The lowest BCUT2D eigenvalue weighted by Gasteiger charge is -2.55. The van der Waals surface area contributed by atoms with Crippen molar-refractivity contribution in [3.8, 4) is 0 Å². The fourth-order valence-corrected chi connectivity index (χ4v) is 7.05. The zero-order valence-electron chi connectivity index (χ0n) is 18.3. The van der Waals surface area contributed by atoms with Gasteiger partial charge in [0.1, 0.15) is 5.82 Å². The van der Waals surface area contributed by atoms with Crippen LogP contribution >= 0.6 is 11.6 Å². The van der Waals surface area contributed by atoms with E-state index >= 15 is 0 Å². The second-order valence-corrected chi connectivity index (χ2v) is 10.8. The maximum Gasteiger partial charge on any atom is 0.241 e. The summed E-state index contributed by atoms with van der Waals surface area (Å²) in [6, 6.07) is 3.33. The van der Waals surface area contributed by atoms with Gasteiger partial charge in [0, 0.05) is 24.7 Å². The van der Waals surface area contributed by atoms with Gasteiger partial charge in [-0.15, -0.1) is 0 Å². The third-order valence-corrected chi connectivity index (χ3v) is 8.27. The van der Waals surface area contributed by atoms with E-state index in [0.717, 1.165) is 32.1 Å². The highest BCUT2D eigenvalue weighted by Gasteiger charge is 2.54. The number of aromatic nitrogens is 1. The molecule has 4 bridgehead atoms. The second kappa shape index (κ2) is 8.65. The Morgan fingerprint density at radius 2 is 1.78 bits per heavy atom. The van der Waals surface area contributed by atoms with Crippen LogP contribution < -0.4 is 10.6 Å². The van der Waals surface area contributed by atoms with Crippen LogP contribution in [-0.2, 0) is 14.4 Å². The number of carbonyl (C=O) groups is 3. The summed E-state index contributed by atoms with van der Waals surface area (Å²) in [5.74, 6) is 2.07. The third kappa shape index (κ3) is 4.36. The molecular weight excluding hydrogens is 428 g/mol. The number of anilines is 1. The maximum atomic E-state index is 13.1. The molecule has 5 aliphatic rings. The van der Waals surface area contributed by atoms with E-state index in [1.165, 1.54) is 25.5 Å². The zero-order valence-corrected chi connectivity index (χ0v) is 19.1. The SMILES string of the molecule is O=C(Nc1ccc(Cl)cn1)C1CCCN(C(=O)CNC(=O)C23CC4CC(CC(C4)C2)C3)C1. The van der Waals surface area contributed by atoms with Crippen molar-refractivity contribution in [3.63, 3.8) is 0 Å². The summed E-state index contributed by atoms with van der Waals surface area (Å²) in [6.45, 7) is 1.01. The molecule has 0 spiro atoms. The summed E-state index contributed by atoms with van der Waals surface area (Å²) in [5.41, 5.74) is -0.245. The molecule has 1 aromatic rings.